The van der Waals surface area contributed by atoms with Gasteiger partial charge in [-0.1, -0.05) is 0 Å². The predicted molar refractivity (Wildman–Crippen MR) is 135 cm³/mol. The summed E-state index contributed by atoms with van der Waals surface area (Å²) in [5.41, 5.74) is -6.88. The zero-order chi connectivity index (χ0) is 41.8. The van der Waals surface area contributed by atoms with Crippen LogP contribution in [-0.2, 0) is 14.8 Å². The first kappa shape index (κ1) is 49.9. The Morgan fingerprint density at radius 3 is 1.46 bits per heavy atom. The number of nitrogens with one attached hydrogen (secondary N) is 1. The van der Waals surface area contributed by atoms with Crippen LogP contribution in [-0.4, -0.2) is 107 Å². The van der Waals surface area contributed by atoms with Gasteiger partial charge in [0, 0.05) is 19.4 Å². The molecular formula is C25H32F20N2O4S. The molecule has 0 aromatic carbocycles. The average Bonchev–Trinajstić information content (AvgIpc) is 2.82. The number of aliphatic carboxylic acids is 1. The van der Waals surface area contributed by atoms with Crippen molar-refractivity contribution in [3.05, 3.63) is 0 Å². The SMILES string of the molecule is C[N+](C)(CCCNS(=O)(=O)CCC(CC(CC(CC(F)(F)CC(F)(F)CC(F)(C(F)(F)F)C(F)(F)F)C(F)(F)F)C(F)(F)F)C(F)(F)F)CC(=O)[O-]. The molecule has 0 saturated heterocycles. The molecule has 27 heteroatoms. The van der Waals surface area contributed by atoms with Crippen LogP contribution in [0.15, 0.2) is 0 Å². The van der Waals surface area contributed by atoms with Crippen molar-refractivity contribution in [1.29, 1.82) is 0 Å². The van der Waals surface area contributed by atoms with Gasteiger partial charge in [0.1, 0.15) is 6.54 Å². The highest BCUT2D eigenvalue weighted by Gasteiger charge is 2.75. The van der Waals surface area contributed by atoms with Crippen molar-refractivity contribution in [3.63, 3.8) is 0 Å². The number of quaternary nitrogens is 1. The maximum absolute atomic E-state index is 14.3. The van der Waals surface area contributed by atoms with Gasteiger partial charge in [-0.2, -0.15) is 65.9 Å². The Bertz CT molecular complexity index is 1240. The zero-order valence-electron chi connectivity index (χ0n) is 26.6. The number of carbonyl (C=O) groups is 1. The van der Waals surface area contributed by atoms with Gasteiger partial charge in [0.2, 0.25) is 10.0 Å². The van der Waals surface area contributed by atoms with E-state index in [1.165, 1.54) is 14.1 Å². The third kappa shape index (κ3) is 17.0. The van der Waals surface area contributed by atoms with Crippen molar-refractivity contribution >= 4 is 16.0 Å². The van der Waals surface area contributed by atoms with Gasteiger partial charge < -0.3 is 14.4 Å². The summed E-state index contributed by atoms with van der Waals surface area (Å²) in [6, 6.07) is 0. The number of carboxylic acid groups (broad SMARTS) is 1. The van der Waals surface area contributed by atoms with E-state index in [-0.39, 0.29) is 17.4 Å². The first-order valence-electron chi connectivity index (χ1n) is 14.3. The summed E-state index contributed by atoms with van der Waals surface area (Å²) >= 11 is 0. The molecule has 52 heavy (non-hydrogen) atoms. The molecule has 0 aliphatic rings. The van der Waals surface area contributed by atoms with Gasteiger partial charge in [-0.15, -0.1) is 0 Å². The molecule has 0 radical (unpaired) electrons. The number of nitrogens with zero attached hydrogens (tertiary/aromatic N) is 1. The number of hydrogen-bond donors (Lipinski definition) is 1. The molecule has 0 aromatic heterocycles. The highest BCUT2D eigenvalue weighted by atomic mass is 32.2. The molecule has 0 bridgehead atoms. The number of rotatable bonds is 20. The summed E-state index contributed by atoms with van der Waals surface area (Å²) in [4.78, 5) is 10.7. The maximum atomic E-state index is 14.3. The Morgan fingerprint density at radius 2 is 1.08 bits per heavy atom. The summed E-state index contributed by atoms with van der Waals surface area (Å²) < 4.78 is 295. The molecule has 0 rings (SSSR count). The van der Waals surface area contributed by atoms with E-state index >= 15 is 0 Å². The smallest absolute Gasteiger partial charge is 0.431 e. The Hall–Kier alpha value is -2.06. The summed E-state index contributed by atoms with van der Waals surface area (Å²) in [7, 11) is -2.00. The average molecular weight is 837 g/mol. The molecule has 0 heterocycles. The van der Waals surface area contributed by atoms with Crippen LogP contribution in [0.4, 0.5) is 87.8 Å². The van der Waals surface area contributed by atoms with Gasteiger partial charge in [-0.05, 0) is 19.3 Å². The van der Waals surface area contributed by atoms with Gasteiger partial charge in [0.15, 0.2) is 0 Å². The number of alkyl halides is 20. The Balaban J connectivity index is 6.10. The number of likely N-dealkylation sites (N-methyl/N-ethyl adjacent to an activating group) is 1. The molecule has 3 unspecified atom stereocenters. The van der Waals surface area contributed by atoms with Crippen molar-refractivity contribution in [1.82, 2.24) is 4.72 Å². The molecular weight excluding hydrogens is 804 g/mol. The highest BCUT2D eigenvalue weighted by Crippen LogP contribution is 2.54. The zero-order valence-corrected chi connectivity index (χ0v) is 27.4. The lowest BCUT2D eigenvalue weighted by molar-refractivity contribution is -0.884. The van der Waals surface area contributed by atoms with Crippen LogP contribution in [0.2, 0.25) is 0 Å². The van der Waals surface area contributed by atoms with Crippen molar-refractivity contribution < 1.29 is 111 Å². The van der Waals surface area contributed by atoms with Crippen LogP contribution < -0.4 is 9.83 Å². The van der Waals surface area contributed by atoms with Crippen LogP contribution in [0.1, 0.15) is 44.9 Å². The maximum Gasteiger partial charge on any atom is 0.431 e. The normalized spacial score (nSPS) is 16.9. The number of carboxylic acids is 1. The first-order valence-corrected chi connectivity index (χ1v) is 16.0. The molecule has 312 valence electrons. The Kier molecular flexibility index (Phi) is 16.1. The van der Waals surface area contributed by atoms with Crippen LogP contribution in [0, 0.1) is 17.8 Å². The van der Waals surface area contributed by atoms with Crippen molar-refractivity contribution in [3.8, 4) is 0 Å². The summed E-state index contributed by atoms with van der Waals surface area (Å²) in [6.07, 6.45) is -50.8. The lowest BCUT2D eigenvalue weighted by Crippen LogP contribution is -2.56. The largest absolute Gasteiger partial charge is 0.544 e. The minimum absolute atomic E-state index is 0.0380. The van der Waals surface area contributed by atoms with E-state index in [0.717, 1.165) is 0 Å². The third-order valence-corrected chi connectivity index (χ3v) is 8.96. The third-order valence-electron chi connectivity index (χ3n) is 7.54. The fraction of sp³-hybridized carbons (Fsp3) is 0.960. The van der Waals surface area contributed by atoms with Gasteiger partial charge in [-0.3, -0.25) is 0 Å². The summed E-state index contributed by atoms with van der Waals surface area (Å²) in [5, 5.41) is 10.7. The van der Waals surface area contributed by atoms with Crippen LogP contribution in [0.3, 0.4) is 0 Å². The molecule has 1 N–H and O–H groups in total. The highest BCUT2D eigenvalue weighted by molar-refractivity contribution is 7.89. The molecule has 0 amide bonds. The van der Waals surface area contributed by atoms with Crippen LogP contribution in [0.5, 0.6) is 0 Å². The second-order valence-electron chi connectivity index (χ2n) is 12.8. The van der Waals surface area contributed by atoms with E-state index in [4.69, 9.17) is 0 Å². The van der Waals surface area contributed by atoms with E-state index in [2.05, 4.69) is 0 Å². The summed E-state index contributed by atoms with van der Waals surface area (Å²) in [5.74, 6) is -26.4. The fourth-order valence-electron chi connectivity index (χ4n) is 4.92. The number of hydrogen-bond acceptors (Lipinski definition) is 4. The Morgan fingerprint density at radius 1 is 0.654 bits per heavy atom. The number of sulfonamides is 1. The minimum atomic E-state index is -7.22. The summed E-state index contributed by atoms with van der Waals surface area (Å²) in [6.45, 7) is -1.11. The predicted octanol–water partition coefficient (Wildman–Crippen LogP) is 7.10. The number of carbonyl (C=O) groups excluding carboxylic acids is 1. The number of halogens is 20. The van der Waals surface area contributed by atoms with Crippen molar-refractivity contribution in [2.45, 2.75) is 93.3 Å². The van der Waals surface area contributed by atoms with Crippen molar-refractivity contribution in [2.24, 2.45) is 17.8 Å². The van der Waals surface area contributed by atoms with Crippen LogP contribution in [0.25, 0.3) is 0 Å². The second-order valence-corrected chi connectivity index (χ2v) is 14.7. The fourth-order valence-corrected chi connectivity index (χ4v) is 6.12. The van der Waals surface area contributed by atoms with E-state index in [9.17, 15) is 106 Å². The van der Waals surface area contributed by atoms with Crippen LogP contribution >= 0.6 is 0 Å². The van der Waals surface area contributed by atoms with E-state index in [0.29, 0.717) is 0 Å². The van der Waals surface area contributed by atoms with Crippen molar-refractivity contribution in [2.75, 3.05) is 39.5 Å². The molecule has 6 nitrogen and oxygen atoms in total. The van der Waals surface area contributed by atoms with Gasteiger partial charge >= 0.3 is 36.6 Å². The molecule has 0 fully saturated rings. The monoisotopic (exact) mass is 836 g/mol. The molecule has 0 aliphatic carbocycles. The van der Waals surface area contributed by atoms with Gasteiger partial charge in [-0.25, -0.2) is 35.1 Å². The standard InChI is InChI=1S/C25H32F20N2O4S/c1-47(2,11-17(48)49)6-3-5-46-52(50,51)7-4-14(21(31,32)33)8-15(22(34,35)36)9-16(23(37,38)39)10-18(26,27)12-19(28,29)13-20(30,24(40,41)42)25(43,44)45/h14-16,46H,3-13H2,1-2H3. The van der Waals surface area contributed by atoms with Gasteiger partial charge in [0.05, 0.1) is 63.0 Å². The Labute approximate surface area is 282 Å². The van der Waals surface area contributed by atoms with Gasteiger partial charge in [0.25, 0.3) is 11.8 Å². The van der Waals surface area contributed by atoms with E-state index in [1.807, 2.05) is 0 Å². The quantitative estimate of drug-likeness (QED) is 0.0806. The molecule has 0 saturated carbocycles. The molecule has 3 atom stereocenters. The lowest BCUT2D eigenvalue weighted by atomic mass is 9.81. The molecule has 0 aliphatic heterocycles. The first-order chi connectivity index (χ1) is 22.6. The minimum Gasteiger partial charge on any atom is -0.544 e. The topological polar surface area (TPSA) is 86.3 Å². The van der Waals surface area contributed by atoms with E-state index in [1.54, 1.807) is 4.72 Å². The molecule has 0 spiro atoms. The molecule has 0 aromatic rings. The van der Waals surface area contributed by atoms with E-state index < -0.39 is 140 Å². The second kappa shape index (κ2) is 16.8. The lowest BCUT2D eigenvalue weighted by Gasteiger charge is -2.35.